The molecule has 0 radical (unpaired) electrons. The van der Waals surface area contributed by atoms with Crippen molar-refractivity contribution in [3.63, 3.8) is 0 Å². The van der Waals surface area contributed by atoms with Gasteiger partial charge >= 0.3 is 0 Å². The lowest BCUT2D eigenvalue weighted by molar-refractivity contribution is 0.199. The van der Waals surface area contributed by atoms with E-state index in [1.54, 1.807) is 25.4 Å². The molecule has 0 saturated carbocycles. The number of methoxy groups -OCH3 is 1. The quantitative estimate of drug-likeness (QED) is 0.799. The van der Waals surface area contributed by atoms with E-state index in [2.05, 4.69) is 10.3 Å². The van der Waals surface area contributed by atoms with Gasteiger partial charge in [0.1, 0.15) is 11.6 Å². The van der Waals surface area contributed by atoms with Gasteiger partial charge in [-0.3, -0.25) is 0 Å². The van der Waals surface area contributed by atoms with Crippen LogP contribution >= 0.6 is 11.6 Å². The standard InChI is InChI=1S/C15H19ClFN3O/c1-11-19-9-12(8-18-6-7-21-2)20(11)10-13-14(16)4-3-5-15(13)17/h3-5,9,18H,6-8,10H2,1-2H3. The molecule has 1 aromatic heterocycles. The fourth-order valence-corrected chi connectivity index (χ4v) is 2.33. The molecule has 1 heterocycles. The zero-order chi connectivity index (χ0) is 15.2. The Morgan fingerprint density at radius 1 is 1.43 bits per heavy atom. The highest BCUT2D eigenvalue weighted by atomic mass is 35.5. The Labute approximate surface area is 128 Å². The van der Waals surface area contributed by atoms with E-state index in [0.29, 0.717) is 30.3 Å². The van der Waals surface area contributed by atoms with E-state index in [-0.39, 0.29) is 5.82 Å². The number of rotatable bonds is 7. The molecule has 0 unspecified atom stereocenters. The van der Waals surface area contributed by atoms with E-state index in [1.165, 1.54) is 6.07 Å². The van der Waals surface area contributed by atoms with Crippen LogP contribution < -0.4 is 5.32 Å². The molecule has 4 nitrogen and oxygen atoms in total. The molecule has 0 aliphatic rings. The van der Waals surface area contributed by atoms with Gasteiger partial charge in [0.2, 0.25) is 0 Å². The fraction of sp³-hybridized carbons (Fsp3) is 0.400. The number of aromatic nitrogens is 2. The fourth-order valence-electron chi connectivity index (χ4n) is 2.10. The lowest BCUT2D eigenvalue weighted by Crippen LogP contribution is -2.21. The number of benzene rings is 1. The van der Waals surface area contributed by atoms with Gasteiger partial charge in [-0.25, -0.2) is 9.37 Å². The number of ether oxygens (including phenoxy) is 1. The van der Waals surface area contributed by atoms with Crippen molar-refractivity contribution < 1.29 is 9.13 Å². The highest BCUT2D eigenvalue weighted by molar-refractivity contribution is 6.31. The average molecular weight is 312 g/mol. The molecule has 2 rings (SSSR count). The van der Waals surface area contributed by atoms with Crippen LogP contribution in [-0.4, -0.2) is 29.8 Å². The molecule has 0 saturated heterocycles. The maximum atomic E-state index is 13.9. The van der Waals surface area contributed by atoms with Crippen molar-refractivity contribution >= 4 is 11.6 Å². The molecule has 0 atom stereocenters. The average Bonchev–Trinajstić information content (AvgIpc) is 2.80. The molecule has 2 aromatic rings. The van der Waals surface area contributed by atoms with E-state index in [0.717, 1.165) is 18.1 Å². The summed E-state index contributed by atoms with van der Waals surface area (Å²) in [5.74, 6) is 0.534. The summed E-state index contributed by atoms with van der Waals surface area (Å²) in [5, 5.41) is 3.69. The smallest absolute Gasteiger partial charge is 0.129 e. The Morgan fingerprint density at radius 2 is 2.24 bits per heavy atom. The van der Waals surface area contributed by atoms with Crippen LogP contribution in [0.15, 0.2) is 24.4 Å². The Balaban J connectivity index is 2.14. The molecule has 0 bridgehead atoms. The van der Waals surface area contributed by atoms with Gasteiger partial charge in [-0.15, -0.1) is 0 Å². The number of hydrogen-bond acceptors (Lipinski definition) is 3. The Hall–Kier alpha value is -1.43. The first-order valence-corrected chi connectivity index (χ1v) is 7.15. The number of aryl methyl sites for hydroxylation is 1. The summed E-state index contributed by atoms with van der Waals surface area (Å²) in [6.45, 7) is 4.32. The van der Waals surface area contributed by atoms with Crippen LogP contribution in [0.1, 0.15) is 17.1 Å². The van der Waals surface area contributed by atoms with Gasteiger partial charge in [0.05, 0.1) is 18.8 Å². The zero-order valence-corrected chi connectivity index (χ0v) is 13.0. The van der Waals surface area contributed by atoms with Crippen LogP contribution in [0.5, 0.6) is 0 Å². The van der Waals surface area contributed by atoms with Crippen LogP contribution in [0, 0.1) is 12.7 Å². The zero-order valence-electron chi connectivity index (χ0n) is 12.2. The molecule has 6 heteroatoms. The molecule has 1 N–H and O–H groups in total. The van der Waals surface area contributed by atoms with Crippen molar-refractivity contribution in [1.82, 2.24) is 14.9 Å². The Kier molecular flexibility index (Phi) is 5.73. The molecule has 0 fully saturated rings. The summed E-state index contributed by atoms with van der Waals surface area (Å²) in [5.41, 5.74) is 1.47. The molecular formula is C15H19ClFN3O. The number of nitrogens with zero attached hydrogens (tertiary/aromatic N) is 2. The third-order valence-corrected chi connectivity index (χ3v) is 3.66. The number of hydrogen-bond donors (Lipinski definition) is 1. The van der Waals surface area contributed by atoms with Crippen LogP contribution in [0.25, 0.3) is 0 Å². The van der Waals surface area contributed by atoms with Crippen LogP contribution in [0.3, 0.4) is 0 Å². The normalized spacial score (nSPS) is 11.0. The van der Waals surface area contributed by atoms with Gasteiger partial charge in [0.15, 0.2) is 0 Å². The molecule has 21 heavy (non-hydrogen) atoms. The largest absolute Gasteiger partial charge is 0.383 e. The van der Waals surface area contributed by atoms with Crippen molar-refractivity contribution in [3.8, 4) is 0 Å². The lowest BCUT2D eigenvalue weighted by Gasteiger charge is -2.13. The van der Waals surface area contributed by atoms with Crippen molar-refractivity contribution in [2.24, 2.45) is 0 Å². The third kappa shape index (κ3) is 4.03. The van der Waals surface area contributed by atoms with Crippen molar-refractivity contribution in [1.29, 1.82) is 0 Å². The topological polar surface area (TPSA) is 39.1 Å². The summed E-state index contributed by atoms with van der Waals surface area (Å²) in [6.07, 6.45) is 1.80. The van der Waals surface area contributed by atoms with E-state index < -0.39 is 0 Å². The second-order valence-electron chi connectivity index (χ2n) is 4.75. The molecule has 0 aliphatic carbocycles. The summed E-state index contributed by atoms with van der Waals surface area (Å²) < 4.78 is 20.9. The number of halogens is 2. The first-order chi connectivity index (χ1) is 10.1. The maximum absolute atomic E-state index is 13.9. The Morgan fingerprint density at radius 3 is 2.95 bits per heavy atom. The van der Waals surface area contributed by atoms with Gasteiger partial charge in [-0.2, -0.15) is 0 Å². The van der Waals surface area contributed by atoms with E-state index in [1.807, 2.05) is 11.5 Å². The highest BCUT2D eigenvalue weighted by Gasteiger charge is 2.12. The minimum atomic E-state index is -0.297. The van der Waals surface area contributed by atoms with Gasteiger partial charge in [0.25, 0.3) is 0 Å². The number of imidazole rings is 1. The second kappa shape index (κ2) is 7.54. The molecular weight excluding hydrogens is 293 g/mol. The predicted octanol–water partition coefficient (Wildman–Crippen LogP) is 2.77. The summed E-state index contributed by atoms with van der Waals surface area (Å²) in [7, 11) is 1.66. The SMILES string of the molecule is COCCNCc1cnc(C)n1Cc1c(F)cccc1Cl. The molecule has 1 aromatic carbocycles. The van der Waals surface area contributed by atoms with Crippen LogP contribution in [0.2, 0.25) is 5.02 Å². The second-order valence-corrected chi connectivity index (χ2v) is 5.16. The minimum Gasteiger partial charge on any atom is -0.383 e. The van der Waals surface area contributed by atoms with E-state index in [4.69, 9.17) is 16.3 Å². The van der Waals surface area contributed by atoms with Crippen molar-refractivity contribution in [3.05, 3.63) is 52.3 Å². The van der Waals surface area contributed by atoms with E-state index >= 15 is 0 Å². The maximum Gasteiger partial charge on any atom is 0.129 e. The number of nitrogens with one attached hydrogen (secondary N) is 1. The van der Waals surface area contributed by atoms with Crippen LogP contribution in [0.4, 0.5) is 4.39 Å². The highest BCUT2D eigenvalue weighted by Crippen LogP contribution is 2.21. The lowest BCUT2D eigenvalue weighted by atomic mass is 10.2. The molecule has 0 amide bonds. The molecule has 114 valence electrons. The van der Waals surface area contributed by atoms with E-state index in [9.17, 15) is 4.39 Å². The summed E-state index contributed by atoms with van der Waals surface area (Å²) >= 11 is 6.09. The third-order valence-electron chi connectivity index (χ3n) is 3.30. The molecule has 0 spiro atoms. The summed E-state index contributed by atoms with van der Waals surface area (Å²) in [4.78, 5) is 4.30. The summed E-state index contributed by atoms with van der Waals surface area (Å²) in [6, 6.07) is 4.72. The predicted molar refractivity (Wildman–Crippen MR) is 81.1 cm³/mol. The van der Waals surface area contributed by atoms with Crippen LogP contribution in [-0.2, 0) is 17.8 Å². The van der Waals surface area contributed by atoms with Gasteiger partial charge in [0, 0.05) is 37.0 Å². The van der Waals surface area contributed by atoms with Gasteiger partial charge in [-0.1, -0.05) is 17.7 Å². The Bertz CT molecular complexity index is 580. The van der Waals surface area contributed by atoms with Crippen molar-refractivity contribution in [2.75, 3.05) is 20.3 Å². The first-order valence-electron chi connectivity index (χ1n) is 6.77. The van der Waals surface area contributed by atoms with Gasteiger partial charge in [-0.05, 0) is 19.1 Å². The first kappa shape index (κ1) is 15.9. The van der Waals surface area contributed by atoms with Gasteiger partial charge < -0.3 is 14.6 Å². The minimum absolute atomic E-state index is 0.297. The monoisotopic (exact) mass is 311 g/mol. The molecule has 0 aliphatic heterocycles. The van der Waals surface area contributed by atoms with Crippen molar-refractivity contribution in [2.45, 2.75) is 20.0 Å².